The smallest absolute Gasteiger partial charge is 0.153 e. The van der Waals surface area contributed by atoms with Crippen molar-refractivity contribution in [2.45, 2.75) is 33.2 Å². The molecule has 5 heteroatoms. The first-order valence-corrected chi connectivity index (χ1v) is 7.75. The molecule has 0 saturated carbocycles. The zero-order valence-electron chi connectivity index (χ0n) is 11.5. The van der Waals surface area contributed by atoms with Crippen LogP contribution in [0, 0.1) is 0 Å². The predicted molar refractivity (Wildman–Crippen MR) is 84.6 cm³/mol. The van der Waals surface area contributed by atoms with E-state index >= 15 is 0 Å². The van der Waals surface area contributed by atoms with Crippen LogP contribution >= 0.6 is 27.5 Å². The Morgan fingerprint density at radius 1 is 1.35 bits per heavy atom. The van der Waals surface area contributed by atoms with Crippen LogP contribution in [0.3, 0.4) is 0 Å². The Hall–Kier alpha value is -1.13. The van der Waals surface area contributed by atoms with Gasteiger partial charge in [-0.3, -0.25) is 9.48 Å². The lowest BCUT2D eigenvalue weighted by Crippen LogP contribution is -2.07. The maximum atomic E-state index is 11.3. The van der Waals surface area contributed by atoms with Crippen LogP contribution in [0.25, 0.3) is 0 Å². The van der Waals surface area contributed by atoms with Gasteiger partial charge >= 0.3 is 0 Å². The molecule has 0 atom stereocenters. The second-order valence-electron chi connectivity index (χ2n) is 4.53. The third kappa shape index (κ3) is 2.96. The van der Waals surface area contributed by atoms with Crippen molar-refractivity contribution in [3.8, 4) is 0 Å². The van der Waals surface area contributed by atoms with E-state index < -0.39 is 0 Å². The Morgan fingerprint density at radius 3 is 2.65 bits per heavy atom. The van der Waals surface area contributed by atoms with Gasteiger partial charge in [-0.2, -0.15) is 5.10 Å². The monoisotopic (exact) mass is 354 g/mol. The number of carbonyl (C=O) groups is 1. The van der Waals surface area contributed by atoms with E-state index in [-0.39, 0.29) is 0 Å². The van der Waals surface area contributed by atoms with Crippen LogP contribution in [0.4, 0.5) is 0 Å². The number of aryl methyl sites for hydroxylation is 1. The van der Waals surface area contributed by atoms with E-state index in [9.17, 15) is 4.79 Å². The quantitative estimate of drug-likeness (QED) is 0.750. The Kier molecular flexibility index (Phi) is 5.00. The predicted octanol–water partition coefficient (Wildman–Crippen LogP) is 4.28. The van der Waals surface area contributed by atoms with Crippen LogP contribution in [0.15, 0.2) is 22.7 Å². The van der Waals surface area contributed by atoms with Crippen molar-refractivity contribution < 1.29 is 4.79 Å². The van der Waals surface area contributed by atoms with E-state index in [1.807, 2.05) is 36.7 Å². The molecule has 1 heterocycles. The molecule has 0 aliphatic heterocycles. The Morgan fingerprint density at radius 2 is 2.10 bits per heavy atom. The molecule has 0 bridgehead atoms. The van der Waals surface area contributed by atoms with E-state index in [0.717, 1.165) is 46.1 Å². The van der Waals surface area contributed by atoms with Crippen molar-refractivity contribution in [2.75, 3.05) is 0 Å². The molecule has 1 aromatic carbocycles. The normalized spacial score (nSPS) is 10.8. The number of benzene rings is 1. The highest BCUT2D eigenvalue weighted by Crippen LogP contribution is 2.23. The number of aromatic nitrogens is 2. The summed E-state index contributed by atoms with van der Waals surface area (Å²) in [4.78, 5) is 11.3. The minimum Gasteiger partial charge on any atom is -0.298 e. The highest BCUT2D eigenvalue weighted by molar-refractivity contribution is 9.10. The largest absolute Gasteiger partial charge is 0.298 e. The van der Waals surface area contributed by atoms with Crippen molar-refractivity contribution in [3.63, 3.8) is 0 Å². The van der Waals surface area contributed by atoms with Crippen LogP contribution < -0.4 is 0 Å². The number of aldehydes is 1. The van der Waals surface area contributed by atoms with Gasteiger partial charge in [0.2, 0.25) is 0 Å². The van der Waals surface area contributed by atoms with Crippen molar-refractivity contribution >= 4 is 33.8 Å². The number of hydrogen-bond acceptors (Lipinski definition) is 2. The molecule has 0 spiro atoms. The van der Waals surface area contributed by atoms with Gasteiger partial charge in [0.1, 0.15) is 0 Å². The number of hydrogen-bond donors (Lipinski definition) is 0. The van der Waals surface area contributed by atoms with Gasteiger partial charge in [-0.25, -0.2) is 0 Å². The van der Waals surface area contributed by atoms with E-state index in [1.54, 1.807) is 0 Å². The number of halogens is 2. The summed E-state index contributed by atoms with van der Waals surface area (Å²) in [6.07, 6.45) is 2.43. The Labute approximate surface area is 132 Å². The molecule has 3 nitrogen and oxygen atoms in total. The van der Waals surface area contributed by atoms with E-state index in [4.69, 9.17) is 11.6 Å². The maximum absolute atomic E-state index is 11.3. The summed E-state index contributed by atoms with van der Waals surface area (Å²) in [7, 11) is 0. The molecule has 0 saturated heterocycles. The van der Waals surface area contributed by atoms with Crippen molar-refractivity contribution in [1.29, 1.82) is 0 Å². The summed E-state index contributed by atoms with van der Waals surface area (Å²) in [5.41, 5.74) is 3.54. The zero-order valence-corrected chi connectivity index (χ0v) is 13.8. The summed E-state index contributed by atoms with van der Waals surface area (Å²) in [5, 5.41) is 5.24. The van der Waals surface area contributed by atoms with Crippen molar-refractivity contribution in [2.24, 2.45) is 0 Å². The van der Waals surface area contributed by atoms with Gasteiger partial charge in [0.05, 0.1) is 17.8 Å². The van der Waals surface area contributed by atoms with Gasteiger partial charge in [-0.1, -0.05) is 47.4 Å². The molecule has 0 unspecified atom stereocenters. The standard InChI is InChI=1S/C15H16BrClN2O/c1-3-14-12(9-20)15(4-2)19(18-14)8-10-5-6-11(16)7-13(10)17/h5-7,9H,3-4,8H2,1-2H3. The molecule has 0 fully saturated rings. The van der Waals surface area contributed by atoms with E-state index in [1.165, 1.54) is 0 Å². The summed E-state index contributed by atoms with van der Waals surface area (Å²) in [6, 6.07) is 5.80. The van der Waals surface area contributed by atoms with Crippen LogP contribution in [0.2, 0.25) is 5.02 Å². The molecule has 0 radical (unpaired) electrons. The number of rotatable bonds is 5. The van der Waals surface area contributed by atoms with Gasteiger partial charge in [0.15, 0.2) is 6.29 Å². The zero-order chi connectivity index (χ0) is 14.7. The highest BCUT2D eigenvalue weighted by Gasteiger charge is 2.15. The average Bonchev–Trinajstić information content (AvgIpc) is 2.78. The lowest BCUT2D eigenvalue weighted by Gasteiger charge is -2.08. The molecule has 106 valence electrons. The molecule has 0 aliphatic rings. The van der Waals surface area contributed by atoms with Gasteiger partial charge in [-0.05, 0) is 30.5 Å². The Bertz CT molecular complexity index is 637. The number of nitrogens with zero attached hydrogens (tertiary/aromatic N) is 2. The van der Waals surface area contributed by atoms with Crippen LogP contribution in [0.1, 0.15) is 41.2 Å². The fourth-order valence-electron chi connectivity index (χ4n) is 2.28. The van der Waals surface area contributed by atoms with Crippen LogP contribution in [-0.2, 0) is 19.4 Å². The first-order valence-electron chi connectivity index (χ1n) is 6.58. The topological polar surface area (TPSA) is 34.9 Å². The lowest BCUT2D eigenvalue weighted by molar-refractivity contribution is 0.112. The van der Waals surface area contributed by atoms with Gasteiger partial charge in [-0.15, -0.1) is 0 Å². The van der Waals surface area contributed by atoms with E-state index in [0.29, 0.717) is 11.6 Å². The minimum atomic E-state index is 0.579. The summed E-state index contributed by atoms with van der Waals surface area (Å²) >= 11 is 9.64. The maximum Gasteiger partial charge on any atom is 0.153 e. The summed E-state index contributed by atoms with van der Waals surface area (Å²) in [5.74, 6) is 0. The number of carbonyl (C=O) groups excluding carboxylic acids is 1. The summed E-state index contributed by atoms with van der Waals surface area (Å²) < 4.78 is 2.84. The lowest BCUT2D eigenvalue weighted by atomic mass is 10.1. The fraction of sp³-hybridized carbons (Fsp3) is 0.333. The SMILES string of the molecule is CCc1nn(Cc2ccc(Br)cc2Cl)c(CC)c1C=O. The fourth-order valence-corrected chi connectivity index (χ4v) is 3.01. The highest BCUT2D eigenvalue weighted by atomic mass is 79.9. The average molecular weight is 356 g/mol. The van der Waals surface area contributed by atoms with E-state index in [2.05, 4.69) is 21.0 Å². The Balaban J connectivity index is 2.42. The molecule has 2 aromatic rings. The van der Waals surface area contributed by atoms with Gasteiger partial charge in [0.25, 0.3) is 0 Å². The molecule has 0 amide bonds. The molecule has 0 aliphatic carbocycles. The second-order valence-corrected chi connectivity index (χ2v) is 5.85. The first kappa shape index (κ1) is 15.3. The third-order valence-corrected chi connectivity index (χ3v) is 4.14. The third-order valence-electron chi connectivity index (χ3n) is 3.30. The second kappa shape index (κ2) is 6.55. The van der Waals surface area contributed by atoms with Gasteiger partial charge < -0.3 is 0 Å². The van der Waals surface area contributed by atoms with Crippen molar-refractivity contribution in [1.82, 2.24) is 9.78 Å². The molecular formula is C15H16BrClN2O. The van der Waals surface area contributed by atoms with Crippen LogP contribution in [-0.4, -0.2) is 16.1 Å². The minimum absolute atomic E-state index is 0.579. The molecule has 2 rings (SSSR count). The van der Waals surface area contributed by atoms with Gasteiger partial charge in [0, 0.05) is 15.2 Å². The van der Waals surface area contributed by atoms with Crippen molar-refractivity contribution in [3.05, 3.63) is 50.2 Å². The molecule has 0 N–H and O–H groups in total. The van der Waals surface area contributed by atoms with Crippen LogP contribution in [0.5, 0.6) is 0 Å². The molecule has 1 aromatic heterocycles. The first-order chi connectivity index (χ1) is 9.60. The molecule has 20 heavy (non-hydrogen) atoms. The molecular weight excluding hydrogens is 340 g/mol. The summed E-state index contributed by atoms with van der Waals surface area (Å²) in [6.45, 7) is 4.62.